The summed E-state index contributed by atoms with van der Waals surface area (Å²) >= 11 is 0. The first-order valence-electron chi connectivity index (χ1n) is 6.38. The van der Waals surface area contributed by atoms with Crippen molar-refractivity contribution in [3.05, 3.63) is 0 Å². The van der Waals surface area contributed by atoms with Crippen LogP contribution in [0.25, 0.3) is 0 Å². The zero-order valence-electron chi connectivity index (χ0n) is 10.9. The van der Waals surface area contributed by atoms with Crippen LogP contribution in [-0.4, -0.2) is 30.1 Å². The molecule has 1 heterocycles. The van der Waals surface area contributed by atoms with Crippen molar-refractivity contribution in [1.29, 1.82) is 0 Å². The lowest BCUT2D eigenvalue weighted by molar-refractivity contribution is 0.137. The van der Waals surface area contributed by atoms with Gasteiger partial charge in [-0.05, 0) is 51.5 Å². The molecule has 0 saturated carbocycles. The molecule has 1 aliphatic rings. The van der Waals surface area contributed by atoms with Crippen LogP contribution in [0.3, 0.4) is 0 Å². The molecule has 2 N–H and O–H groups in total. The van der Waals surface area contributed by atoms with Crippen molar-refractivity contribution in [2.75, 3.05) is 19.6 Å². The Hall–Kier alpha value is -0.0800. The van der Waals surface area contributed by atoms with E-state index < -0.39 is 0 Å². The maximum Gasteiger partial charge on any atom is 0.00975 e. The van der Waals surface area contributed by atoms with Gasteiger partial charge in [0.2, 0.25) is 0 Å². The van der Waals surface area contributed by atoms with E-state index in [-0.39, 0.29) is 5.54 Å². The lowest BCUT2D eigenvalue weighted by atomic mass is 9.91. The molecule has 0 aromatic rings. The van der Waals surface area contributed by atoms with Crippen molar-refractivity contribution in [2.45, 2.75) is 52.5 Å². The topological polar surface area (TPSA) is 29.3 Å². The summed E-state index contributed by atoms with van der Waals surface area (Å²) in [7, 11) is 0. The molecule has 1 fully saturated rings. The molecule has 1 saturated heterocycles. The second-order valence-corrected chi connectivity index (χ2v) is 6.30. The molecule has 0 bridgehead atoms. The number of piperidine rings is 1. The van der Waals surface area contributed by atoms with Gasteiger partial charge < -0.3 is 10.6 Å². The lowest BCUT2D eigenvalue weighted by Crippen LogP contribution is -2.40. The van der Waals surface area contributed by atoms with E-state index >= 15 is 0 Å². The Morgan fingerprint density at radius 1 is 1.20 bits per heavy atom. The van der Waals surface area contributed by atoms with Crippen LogP contribution in [0.1, 0.15) is 47.0 Å². The fraction of sp³-hybridized carbons (Fsp3) is 1.00. The summed E-state index contributed by atoms with van der Waals surface area (Å²) in [5, 5.41) is 0. The minimum absolute atomic E-state index is 0.00696. The van der Waals surface area contributed by atoms with Gasteiger partial charge in [0.25, 0.3) is 0 Å². The Morgan fingerprint density at radius 2 is 1.73 bits per heavy atom. The summed E-state index contributed by atoms with van der Waals surface area (Å²) in [5.41, 5.74) is 5.99. The highest BCUT2D eigenvalue weighted by atomic mass is 15.1. The standard InChI is InChI=1S/C13H28N2/c1-11-8-12(2)10-15(9-11)7-5-6-13(3,4)14/h11-12H,5-10,14H2,1-4H3. The molecule has 2 atom stereocenters. The Morgan fingerprint density at radius 3 is 2.20 bits per heavy atom. The van der Waals surface area contributed by atoms with Crippen LogP contribution in [0.2, 0.25) is 0 Å². The lowest BCUT2D eigenvalue weighted by Gasteiger charge is -2.35. The number of hydrogen-bond donors (Lipinski definition) is 1. The minimum atomic E-state index is 0.00696. The molecule has 0 amide bonds. The molecule has 0 aromatic heterocycles. The molecule has 1 aliphatic heterocycles. The van der Waals surface area contributed by atoms with E-state index in [0.29, 0.717) is 0 Å². The van der Waals surface area contributed by atoms with Crippen LogP contribution in [0.15, 0.2) is 0 Å². The van der Waals surface area contributed by atoms with E-state index in [1.165, 1.54) is 32.5 Å². The summed E-state index contributed by atoms with van der Waals surface area (Å²) in [4.78, 5) is 2.62. The fourth-order valence-corrected chi connectivity index (χ4v) is 2.73. The summed E-state index contributed by atoms with van der Waals surface area (Å²) in [6.07, 6.45) is 3.77. The first-order valence-corrected chi connectivity index (χ1v) is 6.38. The molecule has 15 heavy (non-hydrogen) atoms. The Bertz CT molecular complexity index is 173. The first kappa shape index (κ1) is 13.0. The average molecular weight is 212 g/mol. The van der Waals surface area contributed by atoms with Gasteiger partial charge in [-0.25, -0.2) is 0 Å². The number of hydrogen-bond acceptors (Lipinski definition) is 2. The summed E-state index contributed by atoms with van der Waals surface area (Å²) in [6.45, 7) is 12.8. The third-order valence-corrected chi connectivity index (χ3v) is 3.24. The average Bonchev–Trinajstić information content (AvgIpc) is 1.99. The third-order valence-electron chi connectivity index (χ3n) is 3.24. The van der Waals surface area contributed by atoms with Crippen molar-refractivity contribution in [3.8, 4) is 0 Å². The van der Waals surface area contributed by atoms with Gasteiger partial charge in [-0.1, -0.05) is 13.8 Å². The second-order valence-electron chi connectivity index (χ2n) is 6.30. The van der Waals surface area contributed by atoms with Crippen molar-refractivity contribution in [2.24, 2.45) is 17.6 Å². The molecule has 0 radical (unpaired) electrons. The zero-order valence-corrected chi connectivity index (χ0v) is 10.9. The predicted molar refractivity (Wildman–Crippen MR) is 66.9 cm³/mol. The van der Waals surface area contributed by atoms with E-state index in [0.717, 1.165) is 18.3 Å². The monoisotopic (exact) mass is 212 g/mol. The van der Waals surface area contributed by atoms with Gasteiger partial charge in [0, 0.05) is 18.6 Å². The van der Waals surface area contributed by atoms with Gasteiger partial charge in [0.15, 0.2) is 0 Å². The van der Waals surface area contributed by atoms with E-state index in [1.807, 2.05) is 0 Å². The van der Waals surface area contributed by atoms with E-state index in [9.17, 15) is 0 Å². The Balaban J connectivity index is 2.21. The van der Waals surface area contributed by atoms with Crippen LogP contribution in [0.5, 0.6) is 0 Å². The van der Waals surface area contributed by atoms with Gasteiger partial charge in [0.05, 0.1) is 0 Å². The zero-order chi connectivity index (χ0) is 11.5. The molecule has 0 aromatic carbocycles. The first-order chi connectivity index (χ1) is 6.87. The third kappa shape index (κ3) is 5.53. The predicted octanol–water partition coefficient (Wildman–Crippen LogP) is 2.48. The van der Waals surface area contributed by atoms with Gasteiger partial charge in [-0.3, -0.25) is 0 Å². The number of likely N-dealkylation sites (tertiary alicyclic amines) is 1. The van der Waals surface area contributed by atoms with Crippen LogP contribution in [0.4, 0.5) is 0 Å². The SMILES string of the molecule is CC1CC(C)CN(CCCC(C)(C)N)C1. The van der Waals surface area contributed by atoms with Gasteiger partial charge in [-0.2, -0.15) is 0 Å². The summed E-state index contributed by atoms with van der Waals surface area (Å²) in [6, 6.07) is 0. The molecule has 2 heteroatoms. The Kier molecular flexibility index (Phi) is 4.60. The van der Waals surface area contributed by atoms with Crippen LogP contribution >= 0.6 is 0 Å². The van der Waals surface area contributed by atoms with Crippen molar-refractivity contribution in [1.82, 2.24) is 4.90 Å². The van der Waals surface area contributed by atoms with E-state index in [2.05, 4.69) is 32.6 Å². The molecule has 1 rings (SSSR count). The van der Waals surface area contributed by atoms with Gasteiger partial charge >= 0.3 is 0 Å². The fourth-order valence-electron chi connectivity index (χ4n) is 2.73. The highest BCUT2D eigenvalue weighted by molar-refractivity contribution is 4.77. The summed E-state index contributed by atoms with van der Waals surface area (Å²) < 4.78 is 0. The summed E-state index contributed by atoms with van der Waals surface area (Å²) in [5.74, 6) is 1.75. The van der Waals surface area contributed by atoms with Crippen molar-refractivity contribution in [3.63, 3.8) is 0 Å². The maximum atomic E-state index is 5.99. The number of nitrogens with zero attached hydrogens (tertiary/aromatic N) is 1. The second kappa shape index (κ2) is 5.31. The largest absolute Gasteiger partial charge is 0.326 e. The van der Waals surface area contributed by atoms with Crippen LogP contribution in [-0.2, 0) is 0 Å². The maximum absolute atomic E-state index is 5.99. The van der Waals surface area contributed by atoms with Crippen molar-refractivity contribution < 1.29 is 0 Å². The molecular formula is C13H28N2. The molecule has 90 valence electrons. The van der Waals surface area contributed by atoms with Gasteiger partial charge in [0.1, 0.15) is 0 Å². The normalized spacial score (nSPS) is 29.4. The molecule has 2 nitrogen and oxygen atoms in total. The molecule has 2 unspecified atom stereocenters. The van der Waals surface area contributed by atoms with Crippen LogP contribution < -0.4 is 5.73 Å². The quantitative estimate of drug-likeness (QED) is 0.776. The number of nitrogens with two attached hydrogens (primary N) is 1. The molecular weight excluding hydrogens is 184 g/mol. The van der Waals surface area contributed by atoms with Gasteiger partial charge in [-0.15, -0.1) is 0 Å². The van der Waals surface area contributed by atoms with E-state index in [1.54, 1.807) is 0 Å². The number of rotatable bonds is 4. The highest BCUT2D eigenvalue weighted by Gasteiger charge is 2.21. The molecule has 0 aliphatic carbocycles. The minimum Gasteiger partial charge on any atom is -0.326 e. The Labute approximate surface area is 95.2 Å². The molecule has 0 spiro atoms. The van der Waals surface area contributed by atoms with Crippen molar-refractivity contribution >= 4 is 0 Å². The van der Waals surface area contributed by atoms with E-state index in [4.69, 9.17) is 5.73 Å². The van der Waals surface area contributed by atoms with Crippen LogP contribution in [0, 0.1) is 11.8 Å². The smallest absolute Gasteiger partial charge is 0.00975 e. The highest BCUT2D eigenvalue weighted by Crippen LogP contribution is 2.21.